The molecule has 0 spiro atoms. The van der Waals surface area contributed by atoms with E-state index in [4.69, 9.17) is 5.26 Å². The van der Waals surface area contributed by atoms with Crippen LogP contribution in [0.3, 0.4) is 0 Å². The highest BCUT2D eigenvalue weighted by molar-refractivity contribution is 5.35. The van der Waals surface area contributed by atoms with Crippen molar-refractivity contribution in [3.63, 3.8) is 0 Å². The largest absolute Gasteiger partial charge is 0.574 e. The second-order valence-electron chi connectivity index (χ2n) is 2.48. The molecule has 0 aliphatic carbocycles. The van der Waals surface area contributed by atoms with E-state index < -0.39 is 24.5 Å². The highest BCUT2D eigenvalue weighted by Gasteiger charge is 2.32. The van der Waals surface area contributed by atoms with Crippen LogP contribution in [0.2, 0.25) is 0 Å². The van der Waals surface area contributed by atoms with Gasteiger partial charge in [0, 0.05) is 11.8 Å². The average molecular weight is 220 g/mol. The molecule has 0 radical (unpaired) electrons. The number of ether oxygens (including phenoxy) is 1. The van der Waals surface area contributed by atoms with Crippen LogP contribution in [0.25, 0.3) is 0 Å². The second kappa shape index (κ2) is 4.13. The summed E-state index contributed by atoms with van der Waals surface area (Å²) in [5.41, 5.74) is -0.441. The molecule has 1 aromatic heterocycles. The Kier molecular flexibility index (Phi) is 3.09. The molecule has 0 unspecified atom stereocenters. The Hall–Kier alpha value is -1.84. The molecule has 3 nitrogen and oxygen atoms in total. The predicted molar refractivity (Wildman–Crippen MR) is 40.4 cm³/mol. The third-order valence-corrected chi connectivity index (χ3v) is 1.41. The fraction of sp³-hybridized carbons (Fsp3) is 0.250. The predicted octanol–water partition coefficient (Wildman–Crippen LogP) is 2.32. The zero-order chi connectivity index (χ0) is 11.5. The van der Waals surface area contributed by atoms with Crippen molar-refractivity contribution in [1.82, 2.24) is 4.98 Å². The molecule has 1 aromatic rings. The minimum Gasteiger partial charge on any atom is -0.387 e. The lowest BCUT2D eigenvalue weighted by Crippen LogP contribution is -2.19. The van der Waals surface area contributed by atoms with Crippen LogP contribution in [-0.4, -0.2) is 11.3 Å². The van der Waals surface area contributed by atoms with Crippen LogP contribution in [-0.2, 0) is 6.67 Å². The Morgan fingerprint density at radius 3 is 2.60 bits per heavy atom. The quantitative estimate of drug-likeness (QED) is 0.718. The molecule has 1 rings (SSSR count). The zero-order valence-corrected chi connectivity index (χ0v) is 7.18. The van der Waals surface area contributed by atoms with E-state index in [0.717, 1.165) is 12.3 Å². The molecule has 0 aliphatic rings. The van der Waals surface area contributed by atoms with Crippen molar-refractivity contribution < 1.29 is 22.3 Å². The number of nitriles is 1. The van der Waals surface area contributed by atoms with Gasteiger partial charge in [-0.15, -0.1) is 13.2 Å². The number of aromatic nitrogens is 1. The van der Waals surface area contributed by atoms with Gasteiger partial charge in [0.05, 0.1) is 5.56 Å². The van der Waals surface area contributed by atoms with E-state index in [9.17, 15) is 17.6 Å². The molecule has 0 N–H and O–H groups in total. The Labute approximate surface area is 81.9 Å². The van der Waals surface area contributed by atoms with Gasteiger partial charge in [-0.3, -0.25) is 0 Å². The maximum Gasteiger partial charge on any atom is 0.574 e. The van der Waals surface area contributed by atoms with Crippen LogP contribution in [0.5, 0.6) is 5.88 Å². The van der Waals surface area contributed by atoms with Crippen molar-refractivity contribution in [1.29, 1.82) is 5.26 Å². The topological polar surface area (TPSA) is 45.9 Å². The van der Waals surface area contributed by atoms with Crippen LogP contribution in [0.4, 0.5) is 17.6 Å². The smallest absolute Gasteiger partial charge is 0.387 e. The molecule has 1 heterocycles. The number of halogens is 4. The standard InChI is InChI=1S/C8H4F4N2O/c9-2-6-1-5(3-13)4-14-7(6)15-8(10,11)12/h1,4H,2H2. The van der Waals surface area contributed by atoms with Crippen molar-refractivity contribution >= 4 is 0 Å². The van der Waals surface area contributed by atoms with Gasteiger partial charge < -0.3 is 4.74 Å². The molecule has 0 atom stereocenters. The number of rotatable bonds is 2. The van der Waals surface area contributed by atoms with Gasteiger partial charge in [0.15, 0.2) is 0 Å². The first-order chi connectivity index (χ1) is 6.96. The van der Waals surface area contributed by atoms with E-state index >= 15 is 0 Å². The fourth-order valence-corrected chi connectivity index (χ4v) is 0.856. The average Bonchev–Trinajstić information content (AvgIpc) is 2.16. The Morgan fingerprint density at radius 2 is 2.13 bits per heavy atom. The molecule has 0 saturated carbocycles. The fourth-order valence-electron chi connectivity index (χ4n) is 0.856. The lowest BCUT2D eigenvalue weighted by atomic mass is 10.2. The number of alkyl halides is 4. The third kappa shape index (κ3) is 3.09. The van der Waals surface area contributed by atoms with E-state index in [-0.39, 0.29) is 5.56 Å². The summed E-state index contributed by atoms with van der Waals surface area (Å²) in [6.07, 6.45) is -4.05. The van der Waals surface area contributed by atoms with E-state index in [1.807, 2.05) is 0 Å². The maximum absolute atomic E-state index is 12.3. The highest BCUT2D eigenvalue weighted by Crippen LogP contribution is 2.25. The van der Waals surface area contributed by atoms with Gasteiger partial charge in [-0.1, -0.05) is 0 Å². The second-order valence-corrected chi connectivity index (χ2v) is 2.48. The number of nitrogens with zero attached hydrogens (tertiary/aromatic N) is 2. The van der Waals surface area contributed by atoms with Crippen molar-refractivity contribution in [3.8, 4) is 11.9 Å². The normalized spacial score (nSPS) is 10.9. The monoisotopic (exact) mass is 220 g/mol. The Bertz CT molecular complexity index is 397. The summed E-state index contributed by atoms with van der Waals surface area (Å²) in [6, 6.07) is 2.58. The van der Waals surface area contributed by atoms with Gasteiger partial charge in [0.2, 0.25) is 5.88 Å². The summed E-state index contributed by atoms with van der Waals surface area (Å²) in [5, 5.41) is 8.41. The molecule has 0 fully saturated rings. The van der Waals surface area contributed by atoms with E-state index in [2.05, 4.69) is 9.72 Å². The Balaban J connectivity index is 3.04. The molecule has 7 heteroatoms. The third-order valence-electron chi connectivity index (χ3n) is 1.41. The summed E-state index contributed by atoms with van der Waals surface area (Å²) in [6.45, 7) is -1.19. The maximum atomic E-state index is 12.3. The minimum atomic E-state index is -4.93. The van der Waals surface area contributed by atoms with E-state index in [1.54, 1.807) is 6.07 Å². The summed E-state index contributed by atoms with van der Waals surface area (Å²) >= 11 is 0. The Morgan fingerprint density at radius 1 is 1.47 bits per heavy atom. The molecule has 80 valence electrons. The van der Waals surface area contributed by atoms with Crippen LogP contribution in [0.1, 0.15) is 11.1 Å². The molecule has 15 heavy (non-hydrogen) atoms. The van der Waals surface area contributed by atoms with Gasteiger partial charge in [-0.05, 0) is 6.07 Å². The van der Waals surface area contributed by atoms with E-state index in [1.165, 1.54) is 0 Å². The van der Waals surface area contributed by atoms with Crippen molar-refractivity contribution in [3.05, 3.63) is 23.4 Å². The lowest BCUT2D eigenvalue weighted by Gasteiger charge is -2.10. The number of hydrogen-bond donors (Lipinski definition) is 0. The van der Waals surface area contributed by atoms with Crippen molar-refractivity contribution in [2.75, 3.05) is 0 Å². The highest BCUT2D eigenvalue weighted by atomic mass is 19.4. The summed E-state index contributed by atoms with van der Waals surface area (Å²) in [5.74, 6) is -0.871. The zero-order valence-electron chi connectivity index (χ0n) is 7.18. The van der Waals surface area contributed by atoms with E-state index in [0.29, 0.717) is 0 Å². The van der Waals surface area contributed by atoms with Crippen LogP contribution < -0.4 is 4.74 Å². The van der Waals surface area contributed by atoms with Crippen LogP contribution in [0, 0.1) is 11.3 Å². The number of pyridine rings is 1. The minimum absolute atomic E-state index is 0.0304. The molecule has 0 aliphatic heterocycles. The molecular formula is C8H4F4N2O. The first kappa shape index (κ1) is 11.2. The van der Waals surface area contributed by atoms with Gasteiger partial charge >= 0.3 is 6.36 Å². The molecule has 0 amide bonds. The molecule has 0 aromatic carbocycles. The summed E-state index contributed by atoms with van der Waals surface area (Å²) in [4.78, 5) is 3.20. The van der Waals surface area contributed by atoms with Crippen LogP contribution in [0.15, 0.2) is 12.3 Å². The SMILES string of the molecule is N#Cc1cnc(OC(F)(F)F)c(CF)c1. The van der Waals surface area contributed by atoms with Crippen molar-refractivity contribution in [2.24, 2.45) is 0 Å². The molecule has 0 saturated heterocycles. The van der Waals surface area contributed by atoms with Crippen LogP contribution >= 0.6 is 0 Å². The van der Waals surface area contributed by atoms with Crippen molar-refractivity contribution in [2.45, 2.75) is 13.0 Å². The number of hydrogen-bond acceptors (Lipinski definition) is 3. The van der Waals surface area contributed by atoms with Gasteiger partial charge in [0.25, 0.3) is 0 Å². The van der Waals surface area contributed by atoms with Gasteiger partial charge in [-0.2, -0.15) is 5.26 Å². The van der Waals surface area contributed by atoms with Gasteiger partial charge in [-0.25, -0.2) is 9.37 Å². The first-order valence-electron chi connectivity index (χ1n) is 3.67. The summed E-state index contributed by atoms with van der Waals surface area (Å²) < 4.78 is 51.1. The molecular weight excluding hydrogens is 216 g/mol. The first-order valence-corrected chi connectivity index (χ1v) is 3.67. The summed E-state index contributed by atoms with van der Waals surface area (Å²) in [7, 11) is 0. The molecule has 0 bridgehead atoms. The lowest BCUT2D eigenvalue weighted by molar-refractivity contribution is -0.276. The van der Waals surface area contributed by atoms with Gasteiger partial charge in [0.1, 0.15) is 12.7 Å².